The number of hydrogen-bond acceptors (Lipinski definition) is 3. The fourth-order valence-corrected chi connectivity index (χ4v) is 2.81. The average molecular weight is 235 g/mol. The quantitative estimate of drug-likeness (QED) is 0.811. The van der Waals surface area contributed by atoms with Gasteiger partial charge in [0.25, 0.3) is 0 Å². The molecule has 0 radical (unpaired) electrons. The van der Waals surface area contributed by atoms with Crippen molar-refractivity contribution in [2.75, 3.05) is 6.54 Å². The zero-order chi connectivity index (χ0) is 12.3. The Hall–Kier alpha value is -1.16. The van der Waals surface area contributed by atoms with Gasteiger partial charge < -0.3 is 10.3 Å². The van der Waals surface area contributed by atoms with Crippen LogP contribution in [-0.2, 0) is 7.05 Å². The zero-order valence-electron chi connectivity index (χ0n) is 10.5. The first kappa shape index (κ1) is 12.3. The molecule has 1 saturated carbocycles. The molecule has 4 heteroatoms. The van der Waals surface area contributed by atoms with Crippen molar-refractivity contribution in [2.45, 2.75) is 38.5 Å². The van der Waals surface area contributed by atoms with Gasteiger partial charge in [-0.1, -0.05) is 19.3 Å². The standard InChI is InChI=1S/C13H21N3O/c1-16-8-7-15-12(16)11(17)9-13(10-14)5-3-2-4-6-13/h7-8H,2-6,9-10,14H2,1H3. The maximum absolute atomic E-state index is 12.2. The third-order valence-electron chi connectivity index (χ3n) is 3.95. The van der Waals surface area contributed by atoms with Gasteiger partial charge in [-0.2, -0.15) is 0 Å². The van der Waals surface area contributed by atoms with Crippen LogP contribution < -0.4 is 5.73 Å². The van der Waals surface area contributed by atoms with Gasteiger partial charge in [-0.05, 0) is 24.8 Å². The molecule has 0 aliphatic heterocycles. The Kier molecular flexibility index (Phi) is 3.62. The van der Waals surface area contributed by atoms with Gasteiger partial charge in [-0.3, -0.25) is 4.79 Å². The molecule has 0 aromatic carbocycles. The van der Waals surface area contributed by atoms with E-state index in [1.54, 1.807) is 10.8 Å². The van der Waals surface area contributed by atoms with Crippen molar-refractivity contribution < 1.29 is 4.79 Å². The molecule has 4 nitrogen and oxygen atoms in total. The second-order valence-electron chi connectivity index (χ2n) is 5.23. The van der Waals surface area contributed by atoms with Crippen LogP contribution in [0.15, 0.2) is 12.4 Å². The molecule has 1 heterocycles. The Bertz CT molecular complexity index is 391. The number of rotatable bonds is 4. The topological polar surface area (TPSA) is 60.9 Å². The first-order valence-corrected chi connectivity index (χ1v) is 6.37. The number of nitrogens with zero attached hydrogens (tertiary/aromatic N) is 2. The summed E-state index contributed by atoms with van der Waals surface area (Å²) < 4.78 is 1.79. The van der Waals surface area contributed by atoms with E-state index in [1.165, 1.54) is 19.3 Å². The second kappa shape index (κ2) is 5.00. The predicted octanol–water partition coefficient (Wildman–Crippen LogP) is 1.90. The molecule has 1 aliphatic rings. The van der Waals surface area contributed by atoms with E-state index in [9.17, 15) is 4.79 Å². The molecule has 2 N–H and O–H groups in total. The van der Waals surface area contributed by atoms with Gasteiger partial charge in [0, 0.05) is 25.9 Å². The number of hydrogen-bond donors (Lipinski definition) is 1. The molecule has 0 unspecified atom stereocenters. The molecule has 0 amide bonds. The largest absolute Gasteiger partial charge is 0.332 e. The lowest BCUT2D eigenvalue weighted by molar-refractivity contribution is 0.0854. The van der Waals surface area contributed by atoms with Crippen molar-refractivity contribution >= 4 is 5.78 Å². The van der Waals surface area contributed by atoms with Crippen LogP contribution in [0.25, 0.3) is 0 Å². The van der Waals surface area contributed by atoms with Gasteiger partial charge >= 0.3 is 0 Å². The third-order valence-corrected chi connectivity index (χ3v) is 3.95. The van der Waals surface area contributed by atoms with Crippen LogP contribution in [0.2, 0.25) is 0 Å². The zero-order valence-corrected chi connectivity index (χ0v) is 10.5. The highest BCUT2D eigenvalue weighted by molar-refractivity contribution is 5.93. The minimum Gasteiger partial charge on any atom is -0.332 e. The molecule has 0 spiro atoms. The molecule has 1 fully saturated rings. The highest BCUT2D eigenvalue weighted by Crippen LogP contribution is 2.39. The lowest BCUT2D eigenvalue weighted by Gasteiger charge is -2.35. The van der Waals surface area contributed by atoms with E-state index in [2.05, 4.69) is 4.98 Å². The van der Waals surface area contributed by atoms with Crippen LogP contribution in [0, 0.1) is 5.41 Å². The lowest BCUT2D eigenvalue weighted by Crippen LogP contribution is -2.35. The van der Waals surface area contributed by atoms with E-state index in [0.29, 0.717) is 18.8 Å². The Balaban J connectivity index is 2.08. The van der Waals surface area contributed by atoms with E-state index in [4.69, 9.17) is 5.73 Å². The number of aryl methyl sites for hydroxylation is 1. The van der Waals surface area contributed by atoms with Crippen LogP contribution in [-0.4, -0.2) is 21.9 Å². The van der Waals surface area contributed by atoms with Gasteiger partial charge in [0.2, 0.25) is 0 Å². The number of imidazole rings is 1. The van der Waals surface area contributed by atoms with Crippen LogP contribution in [0.4, 0.5) is 0 Å². The van der Waals surface area contributed by atoms with E-state index >= 15 is 0 Å². The van der Waals surface area contributed by atoms with Crippen molar-refractivity contribution in [1.82, 2.24) is 9.55 Å². The van der Waals surface area contributed by atoms with Crippen LogP contribution in [0.5, 0.6) is 0 Å². The summed E-state index contributed by atoms with van der Waals surface area (Å²) in [5.74, 6) is 0.688. The highest BCUT2D eigenvalue weighted by Gasteiger charge is 2.33. The molecule has 0 bridgehead atoms. The fourth-order valence-electron chi connectivity index (χ4n) is 2.81. The molecular formula is C13H21N3O. The Labute approximate surface area is 102 Å². The molecule has 94 valence electrons. The number of Topliss-reactive ketones (excluding diaryl/α,β-unsaturated/α-hetero) is 1. The van der Waals surface area contributed by atoms with Crippen LogP contribution in [0.3, 0.4) is 0 Å². The van der Waals surface area contributed by atoms with Crippen LogP contribution >= 0.6 is 0 Å². The van der Waals surface area contributed by atoms with Crippen molar-refractivity contribution in [1.29, 1.82) is 0 Å². The van der Waals surface area contributed by atoms with Gasteiger partial charge in [0.05, 0.1) is 0 Å². The first-order chi connectivity index (χ1) is 8.17. The first-order valence-electron chi connectivity index (χ1n) is 6.37. The summed E-state index contributed by atoms with van der Waals surface area (Å²) in [5, 5.41) is 0. The van der Waals surface area contributed by atoms with Crippen molar-refractivity contribution in [3.8, 4) is 0 Å². The van der Waals surface area contributed by atoms with E-state index in [0.717, 1.165) is 12.8 Å². The van der Waals surface area contributed by atoms with Gasteiger partial charge in [-0.15, -0.1) is 0 Å². The molecule has 0 saturated heterocycles. The Morgan fingerprint density at radius 1 is 1.47 bits per heavy atom. The Morgan fingerprint density at radius 3 is 2.71 bits per heavy atom. The predicted molar refractivity (Wildman–Crippen MR) is 66.7 cm³/mol. The van der Waals surface area contributed by atoms with E-state index in [1.807, 2.05) is 13.2 Å². The summed E-state index contributed by atoms with van der Waals surface area (Å²) in [6.07, 6.45) is 9.87. The van der Waals surface area contributed by atoms with Crippen molar-refractivity contribution in [3.63, 3.8) is 0 Å². The molecule has 2 rings (SSSR count). The second-order valence-corrected chi connectivity index (χ2v) is 5.23. The number of nitrogens with two attached hydrogens (primary N) is 1. The minimum absolute atomic E-state index is 0.0291. The monoisotopic (exact) mass is 235 g/mol. The Morgan fingerprint density at radius 2 is 2.18 bits per heavy atom. The number of carbonyl (C=O) groups is 1. The molecule has 0 atom stereocenters. The smallest absolute Gasteiger partial charge is 0.198 e. The fraction of sp³-hybridized carbons (Fsp3) is 0.692. The molecule has 1 aromatic heterocycles. The number of aromatic nitrogens is 2. The SMILES string of the molecule is Cn1ccnc1C(=O)CC1(CN)CCCCC1. The third kappa shape index (κ3) is 2.57. The summed E-state index contributed by atoms with van der Waals surface area (Å²) in [6, 6.07) is 0. The lowest BCUT2D eigenvalue weighted by atomic mass is 9.71. The van der Waals surface area contributed by atoms with Crippen molar-refractivity contribution in [3.05, 3.63) is 18.2 Å². The maximum atomic E-state index is 12.2. The van der Waals surface area contributed by atoms with Gasteiger partial charge in [-0.25, -0.2) is 4.98 Å². The van der Waals surface area contributed by atoms with Crippen LogP contribution in [0.1, 0.15) is 49.1 Å². The summed E-state index contributed by atoms with van der Waals surface area (Å²) >= 11 is 0. The molecule has 1 aliphatic carbocycles. The van der Waals surface area contributed by atoms with E-state index < -0.39 is 0 Å². The van der Waals surface area contributed by atoms with Crippen molar-refractivity contribution in [2.24, 2.45) is 18.2 Å². The molecule has 17 heavy (non-hydrogen) atoms. The number of ketones is 1. The molecule has 1 aromatic rings. The van der Waals surface area contributed by atoms with E-state index in [-0.39, 0.29) is 11.2 Å². The molecular weight excluding hydrogens is 214 g/mol. The summed E-state index contributed by atoms with van der Waals surface area (Å²) in [7, 11) is 1.86. The normalized spacial score (nSPS) is 19.2. The minimum atomic E-state index is 0.0291. The highest BCUT2D eigenvalue weighted by atomic mass is 16.1. The summed E-state index contributed by atoms with van der Waals surface area (Å²) in [4.78, 5) is 16.3. The maximum Gasteiger partial charge on any atom is 0.198 e. The van der Waals surface area contributed by atoms with Gasteiger partial charge in [0.15, 0.2) is 11.6 Å². The summed E-state index contributed by atoms with van der Waals surface area (Å²) in [5.41, 5.74) is 5.93. The summed E-state index contributed by atoms with van der Waals surface area (Å²) in [6.45, 7) is 0.614. The number of carbonyl (C=O) groups excluding carboxylic acids is 1. The van der Waals surface area contributed by atoms with Gasteiger partial charge in [0.1, 0.15) is 0 Å². The average Bonchev–Trinajstić information content (AvgIpc) is 2.77.